The number of carbonyl (C=O) groups is 1. The molecule has 0 aliphatic heterocycles. The lowest BCUT2D eigenvalue weighted by molar-refractivity contribution is -0.130. The number of nitrogens with zero attached hydrogens (tertiary/aromatic N) is 1. The molecule has 1 atom stereocenters. The van der Waals surface area contributed by atoms with E-state index in [9.17, 15) is 4.79 Å². The lowest BCUT2D eigenvalue weighted by atomic mass is 10.3. The van der Waals surface area contributed by atoms with E-state index < -0.39 is 0 Å². The third-order valence-electron chi connectivity index (χ3n) is 1.77. The van der Waals surface area contributed by atoms with Crippen LogP contribution in [0.3, 0.4) is 0 Å². The quantitative estimate of drug-likeness (QED) is 0.644. The molecule has 12 heavy (non-hydrogen) atoms. The van der Waals surface area contributed by atoms with Crippen LogP contribution in [0.2, 0.25) is 0 Å². The van der Waals surface area contributed by atoms with Crippen LogP contribution in [-0.2, 0) is 4.79 Å². The average Bonchev–Trinajstić information content (AvgIpc) is 2.04. The van der Waals surface area contributed by atoms with Crippen molar-refractivity contribution in [3.8, 4) is 0 Å². The van der Waals surface area contributed by atoms with E-state index in [-0.39, 0.29) is 5.91 Å². The molecule has 72 valence electrons. The van der Waals surface area contributed by atoms with E-state index in [1.54, 1.807) is 16.7 Å². The second kappa shape index (κ2) is 6.61. The van der Waals surface area contributed by atoms with Crippen LogP contribution in [0.1, 0.15) is 13.3 Å². The van der Waals surface area contributed by atoms with Crippen molar-refractivity contribution in [3.63, 3.8) is 0 Å². The first-order valence-electron chi connectivity index (χ1n) is 3.94. The molecular formula is C8H16ClNOS. The number of hydrogen-bond donors (Lipinski definition) is 0. The third kappa shape index (κ3) is 4.21. The van der Waals surface area contributed by atoms with Gasteiger partial charge < -0.3 is 4.90 Å². The summed E-state index contributed by atoms with van der Waals surface area (Å²) in [5.74, 6) is 1.52. The maximum Gasteiger partial charge on any atom is 0.223 e. The van der Waals surface area contributed by atoms with Crippen LogP contribution in [0.4, 0.5) is 0 Å². The zero-order valence-electron chi connectivity index (χ0n) is 7.84. The Hall–Kier alpha value is 0.110. The largest absolute Gasteiger partial charge is 0.342 e. The number of amides is 1. The molecule has 2 nitrogen and oxygen atoms in total. The summed E-state index contributed by atoms with van der Waals surface area (Å²) in [4.78, 5) is 13.1. The van der Waals surface area contributed by atoms with E-state index in [2.05, 4.69) is 0 Å². The summed E-state index contributed by atoms with van der Waals surface area (Å²) in [6, 6.07) is 0.302. The SMILES string of the molecule is CSCC(C)N(C)C(=O)CCCl. The highest BCUT2D eigenvalue weighted by Gasteiger charge is 2.13. The normalized spacial score (nSPS) is 12.7. The van der Waals surface area contributed by atoms with Gasteiger partial charge in [-0.15, -0.1) is 11.6 Å². The first-order valence-corrected chi connectivity index (χ1v) is 5.86. The van der Waals surface area contributed by atoms with Gasteiger partial charge >= 0.3 is 0 Å². The molecule has 0 aromatic heterocycles. The smallest absolute Gasteiger partial charge is 0.223 e. The van der Waals surface area contributed by atoms with Crippen LogP contribution in [0.15, 0.2) is 0 Å². The Morgan fingerprint density at radius 1 is 1.67 bits per heavy atom. The van der Waals surface area contributed by atoms with Gasteiger partial charge in [0.25, 0.3) is 0 Å². The van der Waals surface area contributed by atoms with Crippen LogP contribution in [0.25, 0.3) is 0 Å². The molecule has 0 heterocycles. The number of alkyl halides is 1. The van der Waals surface area contributed by atoms with Crippen molar-refractivity contribution in [3.05, 3.63) is 0 Å². The molecule has 1 amide bonds. The fraction of sp³-hybridized carbons (Fsp3) is 0.875. The maximum atomic E-state index is 11.3. The minimum atomic E-state index is 0.131. The van der Waals surface area contributed by atoms with Crippen LogP contribution in [0, 0.1) is 0 Å². The average molecular weight is 210 g/mol. The Labute approximate surface area is 83.6 Å². The second-order valence-electron chi connectivity index (χ2n) is 2.75. The Morgan fingerprint density at radius 3 is 2.67 bits per heavy atom. The van der Waals surface area contributed by atoms with Crippen molar-refractivity contribution < 1.29 is 4.79 Å². The molecule has 0 saturated heterocycles. The van der Waals surface area contributed by atoms with E-state index in [1.807, 2.05) is 20.2 Å². The summed E-state index contributed by atoms with van der Waals surface area (Å²) in [6.45, 7) is 2.04. The third-order valence-corrected chi connectivity index (χ3v) is 2.78. The van der Waals surface area contributed by atoms with Crippen LogP contribution in [-0.4, -0.2) is 41.8 Å². The molecule has 4 heteroatoms. The molecule has 0 radical (unpaired) electrons. The Morgan fingerprint density at radius 2 is 2.25 bits per heavy atom. The van der Waals surface area contributed by atoms with Gasteiger partial charge in [-0.1, -0.05) is 0 Å². The van der Waals surface area contributed by atoms with Crippen molar-refractivity contribution in [1.82, 2.24) is 4.90 Å². The molecule has 0 saturated carbocycles. The van der Waals surface area contributed by atoms with Gasteiger partial charge in [0.05, 0.1) is 0 Å². The number of carbonyl (C=O) groups excluding carboxylic acids is 1. The van der Waals surface area contributed by atoms with Crippen molar-refractivity contribution >= 4 is 29.3 Å². The molecule has 0 bridgehead atoms. The number of thioether (sulfide) groups is 1. The van der Waals surface area contributed by atoms with Gasteiger partial charge in [0, 0.05) is 31.1 Å². The summed E-state index contributed by atoms with van der Waals surface area (Å²) >= 11 is 7.22. The first-order chi connectivity index (χ1) is 5.63. The summed E-state index contributed by atoms with van der Waals surface area (Å²) in [5.41, 5.74) is 0. The molecular weight excluding hydrogens is 194 g/mol. The topological polar surface area (TPSA) is 20.3 Å². The summed E-state index contributed by atoms with van der Waals surface area (Å²) in [7, 11) is 1.83. The van der Waals surface area contributed by atoms with Gasteiger partial charge in [-0.2, -0.15) is 11.8 Å². The molecule has 0 aliphatic rings. The van der Waals surface area contributed by atoms with E-state index in [4.69, 9.17) is 11.6 Å². The Bertz CT molecular complexity index is 143. The second-order valence-corrected chi connectivity index (χ2v) is 4.04. The molecule has 0 aromatic rings. The van der Waals surface area contributed by atoms with Crippen molar-refractivity contribution in [2.45, 2.75) is 19.4 Å². The molecule has 0 N–H and O–H groups in total. The fourth-order valence-corrected chi connectivity index (χ4v) is 1.72. The van der Waals surface area contributed by atoms with Gasteiger partial charge in [0.2, 0.25) is 5.91 Å². The number of halogens is 1. The minimum absolute atomic E-state index is 0.131. The van der Waals surface area contributed by atoms with Crippen molar-refractivity contribution in [1.29, 1.82) is 0 Å². The minimum Gasteiger partial charge on any atom is -0.342 e. The van der Waals surface area contributed by atoms with E-state index >= 15 is 0 Å². The first kappa shape index (κ1) is 12.1. The molecule has 0 spiro atoms. The van der Waals surface area contributed by atoms with E-state index in [0.29, 0.717) is 18.3 Å². The van der Waals surface area contributed by atoms with E-state index in [0.717, 1.165) is 5.75 Å². The van der Waals surface area contributed by atoms with Crippen LogP contribution < -0.4 is 0 Å². The maximum absolute atomic E-state index is 11.3. The molecule has 0 aromatic carbocycles. The summed E-state index contributed by atoms with van der Waals surface area (Å²) < 4.78 is 0. The van der Waals surface area contributed by atoms with Crippen LogP contribution in [0.5, 0.6) is 0 Å². The molecule has 1 unspecified atom stereocenters. The summed E-state index contributed by atoms with van der Waals surface area (Å²) in [6.07, 6.45) is 2.48. The highest BCUT2D eigenvalue weighted by molar-refractivity contribution is 7.98. The fourth-order valence-electron chi connectivity index (χ4n) is 0.856. The van der Waals surface area contributed by atoms with Gasteiger partial charge in [-0.05, 0) is 13.2 Å². The van der Waals surface area contributed by atoms with Crippen molar-refractivity contribution in [2.75, 3.05) is 24.9 Å². The van der Waals surface area contributed by atoms with Gasteiger partial charge in [-0.3, -0.25) is 4.79 Å². The Kier molecular flexibility index (Phi) is 6.67. The van der Waals surface area contributed by atoms with Crippen LogP contribution >= 0.6 is 23.4 Å². The standard InChI is InChI=1S/C8H16ClNOS/c1-7(6-12-3)10(2)8(11)4-5-9/h7H,4-6H2,1-3H3. The molecule has 0 rings (SSSR count). The lowest BCUT2D eigenvalue weighted by Gasteiger charge is -2.23. The highest BCUT2D eigenvalue weighted by Crippen LogP contribution is 2.05. The van der Waals surface area contributed by atoms with Crippen molar-refractivity contribution in [2.24, 2.45) is 0 Å². The predicted octanol–water partition coefficient (Wildman–Crippen LogP) is 1.83. The van der Waals surface area contributed by atoms with Gasteiger partial charge in [0.1, 0.15) is 0 Å². The van der Waals surface area contributed by atoms with Gasteiger partial charge in [-0.25, -0.2) is 0 Å². The highest BCUT2D eigenvalue weighted by atomic mass is 35.5. The zero-order chi connectivity index (χ0) is 9.56. The Balaban J connectivity index is 3.82. The predicted molar refractivity (Wildman–Crippen MR) is 56.0 cm³/mol. The monoisotopic (exact) mass is 209 g/mol. The van der Waals surface area contributed by atoms with E-state index in [1.165, 1.54) is 0 Å². The van der Waals surface area contributed by atoms with Gasteiger partial charge in [0.15, 0.2) is 0 Å². The number of rotatable bonds is 5. The number of hydrogen-bond acceptors (Lipinski definition) is 2. The zero-order valence-corrected chi connectivity index (χ0v) is 9.41. The lowest BCUT2D eigenvalue weighted by Crippen LogP contribution is -2.36. The summed E-state index contributed by atoms with van der Waals surface area (Å²) in [5, 5.41) is 0. The molecule has 0 aliphatic carbocycles. The molecule has 0 fully saturated rings.